The lowest BCUT2D eigenvalue weighted by Crippen LogP contribution is -2.24. The molecule has 0 bridgehead atoms. The van der Waals surface area contributed by atoms with E-state index in [9.17, 15) is 0 Å². The summed E-state index contributed by atoms with van der Waals surface area (Å²) in [5, 5.41) is 6.20. The second-order valence-electron chi connectivity index (χ2n) is 5.13. The van der Waals surface area contributed by atoms with Crippen LogP contribution in [0.4, 0.5) is 5.95 Å². The zero-order valence-electron chi connectivity index (χ0n) is 11.3. The Kier molecular flexibility index (Phi) is 3.71. The SMILES string of the molecule is CCCNc1nc(OC(C)(C)C)c2ccsc2n1. The van der Waals surface area contributed by atoms with Gasteiger partial charge in [-0.3, -0.25) is 0 Å². The van der Waals surface area contributed by atoms with Crippen LogP contribution in [0, 0.1) is 0 Å². The number of anilines is 1. The zero-order valence-corrected chi connectivity index (χ0v) is 12.1. The zero-order chi connectivity index (χ0) is 13.2. The molecule has 0 amide bonds. The molecule has 4 nitrogen and oxygen atoms in total. The molecule has 1 N–H and O–H groups in total. The molecule has 5 heteroatoms. The third kappa shape index (κ3) is 3.10. The molecule has 0 unspecified atom stereocenters. The van der Waals surface area contributed by atoms with Gasteiger partial charge in [0, 0.05) is 6.54 Å². The fraction of sp³-hybridized carbons (Fsp3) is 0.538. The van der Waals surface area contributed by atoms with Gasteiger partial charge in [-0.25, -0.2) is 4.98 Å². The number of rotatable bonds is 4. The number of nitrogens with one attached hydrogen (secondary N) is 1. The Bertz CT molecular complexity index is 531. The van der Waals surface area contributed by atoms with E-state index in [4.69, 9.17) is 4.74 Å². The molecule has 0 aromatic carbocycles. The molecule has 0 saturated carbocycles. The van der Waals surface area contributed by atoms with Crippen molar-refractivity contribution >= 4 is 27.5 Å². The Labute approximate surface area is 111 Å². The van der Waals surface area contributed by atoms with Gasteiger partial charge in [0.2, 0.25) is 11.8 Å². The van der Waals surface area contributed by atoms with Gasteiger partial charge in [0.15, 0.2) is 0 Å². The maximum absolute atomic E-state index is 5.91. The summed E-state index contributed by atoms with van der Waals surface area (Å²) in [6, 6.07) is 2.00. The summed E-state index contributed by atoms with van der Waals surface area (Å²) in [6.07, 6.45) is 1.04. The van der Waals surface area contributed by atoms with Crippen molar-refractivity contribution in [2.24, 2.45) is 0 Å². The molecule has 2 heterocycles. The minimum absolute atomic E-state index is 0.259. The molecule has 2 aromatic heterocycles. The summed E-state index contributed by atoms with van der Waals surface area (Å²) < 4.78 is 5.91. The van der Waals surface area contributed by atoms with Gasteiger partial charge in [-0.15, -0.1) is 11.3 Å². The van der Waals surface area contributed by atoms with Gasteiger partial charge >= 0.3 is 0 Å². The van der Waals surface area contributed by atoms with Crippen LogP contribution in [0.1, 0.15) is 34.1 Å². The van der Waals surface area contributed by atoms with Crippen LogP contribution >= 0.6 is 11.3 Å². The first-order valence-corrected chi connectivity index (χ1v) is 7.05. The number of fused-ring (bicyclic) bond motifs is 1. The highest BCUT2D eigenvalue weighted by molar-refractivity contribution is 7.16. The van der Waals surface area contributed by atoms with Crippen molar-refractivity contribution in [1.82, 2.24) is 9.97 Å². The van der Waals surface area contributed by atoms with Crippen molar-refractivity contribution in [3.8, 4) is 5.88 Å². The van der Waals surface area contributed by atoms with Crippen LogP contribution in [-0.4, -0.2) is 22.1 Å². The highest BCUT2D eigenvalue weighted by Gasteiger charge is 2.17. The maximum atomic E-state index is 5.91. The van der Waals surface area contributed by atoms with Gasteiger partial charge in [-0.1, -0.05) is 6.92 Å². The third-order valence-electron chi connectivity index (χ3n) is 2.23. The lowest BCUT2D eigenvalue weighted by Gasteiger charge is -2.21. The van der Waals surface area contributed by atoms with E-state index in [1.54, 1.807) is 11.3 Å². The van der Waals surface area contributed by atoms with Gasteiger partial charge in [-0.05, 0) is 38.6 Å². The summed E-state index contributed by atoms with van der Waals surface area (Å²) >= 11 is 1.60. The van der Waals surface area contributed by atoms with Crippen molar-refractivity contribution in [3.63, 3.8) is 0 Å². The minimum Gasteiger partial charge on any atom is -0.471 e. The topological polar surface area (TPSA) is 47.0 Å². The third-order valence-corrected chi connectivity index (χ3v) is 3.03. The van der Waals surface area contributed by atoms with Gasteiger partial charge < -0.3 is 10.1 Å². The molecule has 2 aromatic rings. The lowest BCUT2D eigenvalue weighted by molar-refractivity contribution is 0.126. The van der Waals surface area contributed by atoms with Gasteiger partial charge in [-0.2, -0.15) is 4.98 Å². The van der Waals surface area contributed by atoms with Crippen LogP contribution in [-0.2, 0) is 0 Å². The van der Waals surface area contributed by atoms with Crippen LogP contribution in [0.15, 0.2) is 11.4 Å². The average molecular weight is 265 g/mol. The molecule has 0 aliphatic rings. The quantitative estimate of drug-likeness (QED) is 0.915. The summed E-state index contributed by atoms with van der Waals surface area (Å²) in [4.78, 5) is 9.90. The summed E-state index contributed by atoms with van der Waals surface area (Å²) in [6.45, 7) is 9.04. The van der Waals surface area contributed by atoms with Crippen LogP contribution in [0.2, 0.25) is 0 Å². The van der Waals surface area contributed by atoms with Crippen molar-refractivity contribution in [3.05, 3.63) is 11.4 Å². The highest BCUT2D eigenvalue weighted by atomic mass is 32.1. The van der Waals surface area contributed by atoms with E-state index in [-0.39, 0.29) is 5.60 Å². The molecule has 2 rings (SSSR count). The fourth-order valence-electron chi connectivity index (χ4n) is 1.51. The summed E-state index contributed by atoms with van der Waals surface area (Å²) in [5.74, 6) is 1.30. The van der Waals surface area contributed by atoms with E-state index in [0.29, 0.717) is 11.8 Å². The number of hydrogen-bond acceptors (Lipinski definition) is 5. The number of aromatic nitrogens is 2. The van der Waals surface area contributed by atoms with E-state index >= 15 is 0 Å². The molecule has 98 valence electrons. The molecule has 0 fully saturated rings. The van der Waals surface area contributed by atoms with E-state index in [2.05, 4.69) is 22.2 Å². The van der Waals surface area contributed by atoms with E-state index in [0.717, 1.165) is 23.2 Å². The summed E-state index contributed by atoms with van der Waals surface area (Å²) in [7, 11) is 0. The largest absolute Gasteiger partial charge is 0.471 e. The molecular weight excluding hydrogens is 246 g/mol. The molecule has 0 aliphatic heterocycles. The van der Waals surface area contributed by atoms with Crippen molar-refractivity contribution in [2.75, 3.05) is 11.9 Å². The van der Waals surface area contributed by atoms with Crippen molar-refractivity contribution in [1.29, 1.82) is 0 Å². The number of thiophene rings is 1. The van der Waals surface area contributed by atoms with Crippen LogP contribution in [0.25, 0.3) is 10.2 Å². The lowest BCUT2D eigenvalue weighted by atomic mass is 10.2. The van der Waals surface area contributed by atoms with E-state index < -0.39 is 0 Å². The molecule has 0 atom stereocenters. The van der Waals surface area contributed by atoms with Gasteiger partial charge in [0.05, 0.1) is 5.39 Å². The van der Waals surface area contributed by atoms with Gasteiger partial charge in [0.25, 0.3) is 0 Å². The molecule has 0 aliphatic carbocycles. The summed E-state index contributed by atoms with van der Waals surface area (Å²) in [5.41, 5.74) is -0.259. The normalized spacial score (nSPS) is 11.8. The molecule has 0 spiro atoms. The molecule has 0 saturated heterocycles. The minimum atomic E-state index is -0.259. The highest BCUT2D eigenvalue weighted by Crippen LogP contribution is 2.30. The first-order valence-electron chi connectivity index (χ1n) is 6.18. The smallest absolute Gasteiger partial charge is 0.227 e. The molecule has 0 radical (unpaired) electrons. The molecule has 18 heavy (non-hydrogen) atoms. The van der Waals surface area contributed by atoms with Crippen LogP contribution in [0.5, 0.6) is 5.88 Å². The predicted molar refractivity (Wildman–Crippen MR) is 76.6 cm³/mol. The Morgan fingerprint density at radius 1 is 1.33 bits per heavy atom. The first-order chi connectivity index (χ1) is 8.49. The average Bonchev–Trinajstić information content (AvgIpc) is 2.72. The van der Waals surface area contributed by atoms with E-state index in [1.165, 1.54) is 0 Å². The van der Waals surface area contributed by atoms with Crippen molar-refractivity contribution in [2.45, 2.75) is 39.7 Å². The number of ether oxygens (including phenoxy) is 1. The van der Waals surface area contributed by atoms with E-state index in [1.807, 2.05) is 32.2 Å². The van der Waals surface area contributed by atoms with Crippen LogP contribution in [0.3, 0.4) is 0 Å². The van der Waals surface area contributed by atoms with Crippen LogP contribution < -0.4 is 10.1 Å². The second kappa shape index (κ2) is 5.10. The Morgan fingerprint density at radius 2 is 2.11 bits per heavy atom. The standard InChI is InChI=1S/C13H19N3OS/c1-5-7-14-12-15-10(17-13(2,3)4)9-6-8-18-11(9)16-12/h6,8H,5,7H2,1-4H3,(H,14,15,16). The fourth-order valence-corrected chi connectivity index (χ4v) is 2.27. The van der Waals surface area contributed by atoms with Gasteiger partial charge in [0.1, 0.15) is 10.4 Å². The Hall–Kier alpha value is -1.36. The Balaban J connectivity index is 2.38. The maximum Gasteiger partial charge on any atom is 0.227 e. The second-order valence-corrected chi connectivity index (χ2v) is 6.03. The Morgan fingerprint density at radius 3 is 2.78 bits per heavy atom. The molecular formula is C13H19N3OS. The number of nitrogens with zero attached hydrogens (tertiary/aromatic N) is 2. The van der Waals surface area contributed by atoms with Crippen molar-refractivity contribution < 1.29 is 4.74 Å². The number of hydrogen-bond donors (Lipinski definition) is 1. The monoisotopic (exact) mass is 265 g/mol. The first kappa shape index (κ1) is 13.1. The predicted octanol–water partition coefficient (Wildman–Crippen LogP) is 3.69.